The first-order valence-electron chi connectivity index (χ1n) is 10.0. The molecule has 1 amide bonds. The summed E-state index contributed by atoms with van der Waals surface area (Å²) in [7, 11) is 3.43. The van der Waals surface area contributed by atoms with Gasteiger partial charge in [-0.25, -0.2) is 0 Å². The third kappa shape index (κ3) is 5.25. The molecule has 3 N–H and O–H groups in total. The van der Waals surface area contributed by atoms with E-state index in [1.807, 2.05) is 7.05 Å². The van der Waals surface area contributed by atoms with Crippen molar-refractivity contribution in [1.29, 1.82) is 0 Å². The fraction of sp³-hybridized carbons (Fsp3) is 0.650. The van der Waals surface area contributed by atoms with E-state index in [1.165, 1.54) is 13.2 Å². The fourth-order valence-corrected chi connectivity index (χ4v) is 4.07. The number of β-amino-alcohol motifs (C(OH)–C–C–N with tert-alkyl or cyclic N) is 1. The van der Waals surface area contributed by atoms with Crippen LogP contribution in [0.2, 0.25) is 5.02 Å². The molecule has 0 spiro atoms. The van der Waals surface area contributed by atoms with Gasteiger partial charge in [0.25, 0.3) is 5.91 Å². The Morgan fingerprint density at radius 3 is 2.83 bits per heavy atom. The summed E-state index contributed by atoms with van der Waals surface area (Å²) in [5.74, 6) is 0.765. The molecule has 3 rings (SSSR count). The molecule has 0 bridgehead atoms. The molecule has 8 nitrogen and oxygen atoms in total. The molecule has 0 aliphatic carbocycles. The highest BCUT2D eigenvalue weighted by Crippen LogP contribution is 2.46. The number of methoxy groups -OCH3 is 1. The first kappa shape index (κ1) is 22.0. The number of fused-ring (bicyclic) bond motifs is 1. The van der Waals surface area contributed by atoms with Crippen LogP contribution >= 0.6 is 11.6 Å². The Hall–Kier alpha value is -1.74. The topological polar surface area (TPSA) is 92.3 Å². The van der Waals surface area contributed by atoms with Gasteiger partial charge in [0.15, 0.2) is 11.5 Å². The number of hydrogen-bond acceptors (Lipinski definition) is 7. The first-order valence-corrected chi connectivity index (χ1v) is 10.4. The molecule has 162 valence electrons. The second-order valence-corrected chi connectivity index (χ2v) is 7.79. The van der Waals surface area contributed by atoms with Crippen molar-refractivity contribution in [1.82, 2.24) is 15.5 Å². The summed E-state index contributed by atoms with van der Waals surface area (Å²) in [6, 6.07) is 1.53. The van der Waals surface area contributed by atoms with Gasteiger partial charge in [0, 0.05) is 19.0 Å². The monoisotopic (exact) mass is 427 g/mol. The molecule has 2 atom stereocenters. The van der Waals surface area contributed by atoms with E-state index in [-0.39, 0.29) is 16.8 Å². The predicted molar refractivity (Wildman–Crippen MR) is 110 cm³/mol. The van der Waals surface area contributed by atoms with Gasteiger partial charge in [-0.2, -0.15) is 0 Å². The number of carbonyl (C=O) groups excluding carboxylic acids is 1. The summed E-state index contributed by atoms with van der Waals surface area (Å²) in [5.41, 5.74) is 0.310. The van der Waals surface area contributed by atoms with E-state index in [0.717, 1.165) is 32.5 Å². The molecule has 29 heavy (non-hydrogen) atoms. The van der Waals surface area contributed by atoms with Crippen LogP contribution in [0, 0.1) is 5.92 Å². The second-order valence-electron chi connectivity index (χ2n) is 7.38. The van der Waals surface area contributed by atoms with Gasteiger partial charge in [0.05, 0.1) is 23.8 Å². The zero-order valence-corrected chi connectivity index (χ0v) is 17.8. The van der Waals surface area contributed by atoms with E-state index in [9.17, 15) is 9.90 Å². The van der Waals surface area contributed by atoms with Crippen LogP contribution in [-0.2, 0) is 0 Å². The van der Waals surface area contributed by atoms with Crippen molar-refractivity contribution in [2.45, 2.75) is 18.9 Å². The summed E-state index contributed by atoms with van der Waals surface area (Å²) in [4.78, 5) is 15.1. The van der Waals surface area contributed by atoms with Crippen LogP contribution < -0.4 is 24.8 Å². The molecule has 1 unspecified atom stereocenters. The number of aliphatic hydroxyl groups excluding tert-OH is 1. The average molecular weight is 428 g/mol. The van der Waals surface area contributed by atoms with Crippen LogP contribution in [0.1, 0.15) is 23.2 Å². The first-order chi connectivity index (χ1) is 14.0. The molecule has 0 aromatic heterocycles. The van der Waals surface area contributed by atoms with E-state index in [4.69, 9.17) is 25.8 Å². The number of piperidine rings is 1. The van der Waals surface area contributed by atoms with Gasteiger partial charge in [0.1, 0.15) is 13.2 Å². The SMILES string of the molecule is CNCCCN1CCC(CNC(=O)c2cc(Cl)c(OC)c3c2OCCO3)[C@H](O)C1. The Balaban J connectivity index is 1.60. The predicted octanol–water partition coefficient (Wildman–Crippen LogP) is 1.14. The maximum absolute atomic E-state index is 12.8. The van der Waals surface area contributed by atoms with Gasteiger partial charge in [-0.15, -0.1) is 0 Å². The van der Waals surface area contributed by atoms with Gasteiger partial charge in [0.2, 0.25) is 5.75 Å². The molecule has 1 fully saturated rings. The summed E-state index contributed by atoms with van der Waals surface area (Å²) in [6.45, 7) is 4.58. The van der Waals surface area contributed by atoms with Crippen LogP contribution in [0.25, 0.3) is 0 Å². The number of carbonyl (C=O) groups is 1. The Morgan fingerprint density at radius 1 is 1.38 bits per heavy atom. The van der Waals surface area contributed by atoms with Crippen LogP contribution in [0.15, 0.2) is 6.07 Å². The lowest BCUT2D eigenvalue weighted by Gasteiger charge is -2.36. The van der Waals surface area contributed by atoms with Crippen LogP contribution in [0.5, 0.6) is 17.2 Å². The van der Waals surface area contributed by atoms with E-state index in [2.05, 4.69) is 15.5 Å². The molecule has 2 aliphatic heterocycles. The van der Waals surface area contributed by atoms with Crippen LogP contribution in [-0.4, -0.2) is 82.1 Å². The maximum atomic E-state index is 12.8. The van der Waals surface area contributed by atoms with Gasteiger partial charge in [-0.1, -0.05) is 11.6 Å². The number of likely N-dealkylation sites (tertiary alicyclic amines) is 1. The van der Waals surface area contributed by atoms with Crippen molar-refractivity contribution in [2.75, 3.05) is 60.1 Å². The lowest BCUT2D eigenvalue weighted by atomic mass is 9.93. The minimum absolute atomic E-state index is 0.0150. The molecular weight excluding hydrogens is 398 g/mol. The van der Waals surface area contributed by atoms with Gasteiger partial charge < -0.3 is 34.9 Å². The molecule has 0 saturated carbocycles. The normalized spacial score (nSPS) is 21.7. The highest BCUT2D eigenvalue weighted by atomic mass is 35.5. The van der Waals surface area contributed by atoms with Gasteiger partial charge >= 0.3 is 0 Å². The highest BCUT2D eigenvalue weighted by molar-refractivity contribution is 6.33. The molecule has 1 aromatic carbocycles. The number of amides is 1. The number of halogens is 1. The number of aliphatic hydroxyl groups is 1. The number of nitrogens with zero attached hydrogens (tertiary/aromatic N) is 1. The summed E-state index contributed by atoms with van der Waals surface area (Å²) in [5, 5.41) is 16.8. The maximum Gasteiger partial charge on any atom is 0.255 e. The number of nitrogens with one attached hydrogen (secondary N) is 2. The van der Waals surface area contributed by atoms with Gasteiger partial charge in [-0.3, -0.25) is 4.79 Å². The quantitative estimate of drug-likeness (QED) is 0.536. The lowest BCUT2D eigenvalue weighted by molar-refractivity contribution is 0.0218. The van der Waals surface area contributed by atoms with E-state index >= 15 is 0 Å². The average Bonchev–Trinajstić information content (AvgIpc) is 2.72. The van der Waals surface area contributed by atoms with E-state index < -0.39 is 6.10 Å². The van der Waals surface area contributed by atoms with Crippen LogP contribution in [0.3, 0.4) is 0 Å². The fourth-order valence-electron chi connectivity index (χ4n) is 3.80. The van der Waals surface area contributed by atoms with Crippen molar-refractivity contribution in [3.8, 4) is 17.2 Å². The Morgan fingerprint density at radius 2 is 2.14 bits per heavy atom. The Kier molecular flexibility index (Phi) is 7.83. The zero-order chi connectivity index (χ0) is 20.8. The lowest BCUT2D eigenvalue weighted by Crippen LogP contribution is -2.48. The molecule has 1 saturated heterocycles. The second kappa shape index (κ2) is 10.3. The standard InChI is InChI=1S/C20H30ClN3O5/c1-22-5-3-6-24-7-4-13(16(25)12-24)11-23-20(26)14-10-15(21)18(27-2)19-17(14)28-8-9-29-19/h10,13,16,22,25H,3-9,11-12H2,1-2H3,(H,23,26)/t13?,16-/m1/s1. The molecule has 2 heterocycles. The summed E-state index contributed by atoms with van der Waals surface area (Å²) >= 11 is 6.26. The van der Waals surface area contributed by atoms with Crippen molar-refractivity contribution in [2.24, 2.45) is 5.92 Å². The molecule has 9 heteroatoms. The summed E-state index contributed by atoms with van der Waals surface area (Å²) < 4.78 is 16.6. The summed E-state index contributed by atoms with van der Waals surface area (Å²) in [6.07, 6.45) is 1.42. The molecule has 1 aromatic rings. The molecule has 0 radical (unpaired) electrons. The minimum atomic E-state index is -0.466. The highest BCUT2D eigenvalue weighted by Gasteiger charge is 2.30. The zero-order valence-electron chi connectivity index (χ0n) is 17.0. The molecular formula is C20H30ClN3O5. The van der Waals surface area contributed by atoms with Crippen molar-refractivity contribution in [3.63, 3.8) is 0 Å². The largest absolute Gasteiger partial charge is 0.491 e. The third-order valence-corrected chi connectivity index (χ3v) is 5.68. The Bertz CT molecular complexity index is 718. The van der Waals surface area contributed by atoms with Gasteiger partial charge in [-0.05, 0) is 45.6 Å². The van der Waals surface area contributed by atoms with Crippen molar-refractivity contribution < 1.29 is 24.1 Å². The van der Waals surface area contributed by atoms with E-state index in [1.54, 1.807) is 0 Å². The molecule has 2 aliphatic rings. The minimum Gasteiger partial charge on any atom is -0.491 e. The third-order valence-electron chi connectivity index (χ3n) is 5.40. The van der Waals surface area contributed by atoms with Crippen molar-refractivity contribution in [3.05, 3.63) is 16.7 Å². The number of hydrogen-bond donors (Lipinski definition) is 3. The number of ether oxygens (including phenoxy) is 3. The van der Waals surface area contributed by atoms with Crippen molar-refractivity contribution >= 4 is 17.5 Å². The van der Waals surface area contributed by atoms with E-state index in [0.29, 0.717) is 49.1 Å². The smallest absolute Gasteiger partial charge is 0.255 e. The number of benzene rings is 1. The Labute approximate surface area is 176 Å². The van der Waals surface area contributed by atoms with Crippen LogP contribution in [0.4, 0.5) is 0 Å². The number of rotatable bonds is 8.